The normalized spacial score (nSPS) is 27.4. The molecule has 2 saturated heterocycles. The molecular formula is C15H22N2. The van der Waals surface area contributed by atoms with E-state index in [2.05, 4.69) is 40.3 Å². The molecule has 0 radical (unpaired) electrons. The van der Waals surface area contributed by atoms with Gasteiger partial charge in [0.2, 0.25) is 0 Å². The van der Waals surface area contributed by atoms with Crippen molar-refractivity contribution < 1.29 is 0 Å². The second kappa shape index (κ2) is 5.19. The molecule has 1 aromatic carbocycles. The van der Waals surface area contributed by atoms with Crippen LogP contribution in [0.1, 0.15) is 43.7 Å². The smallest absolute Gasteiger partial charge is 0.0495 e. The average Bonchev–Trinajstić information content (AvgIpc) is 2.90. The van der Waals surface area contributed by atoms with Crippen LogP contribution in [0.25, 0.3) is 0 Å². The van der Waals surface area contributed by atoms with Crippen LogP contribution in [-0.2, 0) is 0 Å². The molecule has 0 bridgehead atoms. The van der Waals surface area contributed by atoms with Gasteiger partial charge in [-0.05, 0) is 31.2 Å². The Bertz CT molecular complexity index is 343. The van der Waals surface area contributed by atoms with E-state index < -0.39 is 0 Å². The Balaban J connectivity index is 1.75. The van der Waals surface area contributed by atoms with E-state index in [1.165, 1.54) is 57.3 Å². The lowest BCUT2D eigenvalue weighted by atomic mass is 10.1. The Morgan fingerprint density at radius 3 is 2.35 bits per heavy atom. The molecule has 3 rings (SSSR count). The van der Waals surface area contributed by atoms with Gasteiger partial charge in [0.25, 0.3) is 0 Å². The zero-order valence-corrected chi connectivity index (χ0v) is 10.5. The van der Waals surface area contributed by atoms with Crippen molar-refractivity contribution in [3.63, 3.8) is 0 Å². The van der Waals surface area contributed by atoms with Crippen LogP contribution in [0.2, 0.25) is 0 Å². The van der Waals surface area contributed by atoms with E-state index in [1.807, 2.05) is 0 Å². The highest BCUT2D eigenvalue weighted by atomic mass is 15.6. The summed E-state index contributed by atoms with van der Waals surface area (Å²) >= 11 is 0. The molecule has 0 aromatic heterocycles. The van der Waals surface area contributed by atoms with Crippen molar-refractivity contribution in [1.82, 2.24) is 10.0 Å². The lowest BCUT2D eigenvalue weighted by Gasteiger charge is -2.38. The molecule has 0 spiro atoms. The Hall–Kier alpha value is -0.860. The van der Waals surface area contributed by atoms with Crippen molar-refractivity contribution in [3.8, 4) is 0 Å². The first-order valence-corrected chi connectivity index (χ1v) is 7.01. The molecule has 0 N–H and O–H groups in total. The maximum atomic E-state index is 2.63. The fourth-order valence-electron chi connectivity index (χ4n) is 3.24. The molecule has 1 aromatic rings. The summed E-state index contributed by atoms with van der Waals surface area (Å²) < 4.78 is 0. The highest BCUT2D eigenvalue weighted by molar-refractivity contribution is 5.19. The van der Waals surface area contributed by atoms with Gasteiger partial charge in [-0.15, -0.1) is 0 Å². The summed E-state index contributed by atoms with van der Waals surface area (Å²) in [7, 11) is 0. The highest BCUT2D eigenvalue weighted by Crippen LogP contribution is 2.33. The minimum atomic E-state index is 0.634. The number of hydrogen-bond donors (Lipinski definition) is 0. The predicted molar refractivity (Wildman–Crippen MR) is 70.5 cm³/mol. The molecular weight excluding hydrogens is 208 g/mol. The number of benzene rings is 1. The summed E-state index contributed by atoms with van der Waals surface area (Å²) in [5, 5.41) is 5.24. The summed E-state index contributed by atoms with van der Waals surface area (Å²) in [6, 6.07) is 11.7. The van der Waals surface area contributed by atoms with Gasteiger partial charge in [-0.25, -0.2) is 10.0 Å². The van der Waals surface area contributed by atoms with Gasteiger partial charge in [0.05, 0.1) is 0 Å². The van der Waals surface area contributed by atoms with E-state index in [1.54, 1.807) is 0 Å². The van der Waals surface area contributed by atoms with E-state index >= 15 is 0 Å². The summed E-state index contributed by atoms with van der Waals surface area (Å²) in [6.07, 6.45) is 6.83. The van der Waals surface area contributed by atoms with Crippen LogP contribution in [0.4, 0.5) is 0 Å². The highest BCUT2D eigenvalue weighted by Gasteiger charge is 2.30. The van der Waals surface area contributed by atoms with E-state index in [0.29, 0.717) is 6.04 Å². The Labute approximate surface area is 104 Å². The number of rotatable bonds is 2. The van der Waals surface area contributed by atoms with Crippen LogP contribution in [0.3, 0.4) is 0 Å². The standard InChI is InChI=1S/C15H22N2/c1-3-8-14(9-4-1)15-10-7-13-17(15)16-11-5-2-6-12-16/h1,3-4,8-9,15H,2,5-7,10-13H2. The second-order valence-electron chi connectivity index (χ2n) is 5.25. The molecule has 2 aliphatic rings. The van der Waals surface area contributed by atoms with Crippen LogP contribution in [0, 0.1) is 0 Å². The number of hydrazine groups is 1. The third-order valence-electron chi connectivity index (χ3n) is 4.10. The molecule has 1 unspecified atom stereocenters. The Kier molecular flexibility index (Phi) is 3.44. The predicted octanol–water partition coefficient (Wildman–Crippen LogP) is 3.22. The average molecular weight is 230 g/mol. The molecule has 0 saturated carbocycles. The quantitative estimate of drug-likeness (QED) is 0.769. The molecule has 2 nitrogen and oxygen atoms in total. The summed E-state index contributed by atoms with van der Waals surface area (Å²) in [5.41, 5.74) is 1.50. The van der Waals surface area contributed by atoms with Crippen molar-refractivity contribution in [1.29, 1.82) is 0 Å². The van der Waals surface area contributed by atoms with Gasteiger partial charge in [-0.3, -0.25) is 0 Å². The minimum Gasteiger partial charge on any atom is -0.241 e. The second-order valence-corrected chi connectivity index (χ2v) is 5.25. The topological polar surface area (TPSA) is 6.48 Å². The van der Waals surface area contributed by atoms with Crippen LogP contribution in [0.15, 0.2) is 30.3 Å². The number of piperidine rings is 1. The molecule has 2 fully saturated rings. The van der Waals surface area contributed by atoms with E-state index in [4.69, 9.17) is 0 Å². The van der Waals surface area contributed by atoms with Gasteiger partial charge >= 0.3 is 0 Å². The van der Waals surface area contributed by atoms with Gasteiger partial charge in [-0.1, -0.05) is 36.8 Å². The number of nitrogens with zero attached hydrogens (tertiary/aromatic N) is 2. The first-order chi connectivity index (χ1) is 8.45. The van der Waals surface area contributed by atoms with E-state index in [-0.39, 0.29) is 0 Å². The van der Waals surface area contributed by atoms with Crippen LogP contribution in [0.5, 0.6) is 0 Å². The Morgan fingerprint density at radius 2 is 1.59 bits per heavy atom. The zero-order valence-electron chi connectivity index (χ0n) is 10.5. The first kappa shape index (κ1) is 11.2. The lowest BCUT2D eigenvalue weighted by Crippen LogP contribution is -2.44. The SMILES string of the molecule is c1ccc(C2CCCN2N2CCCCC2)cc1. The molecule has 2 aliphatic heterocycles. The molecule has 0 aliphatic carbocycles. The van der Waals surface area contributed by atoms with Crippen LogP contribution < -0.4 is 0 Å². The van der Waals surface area contributed by atoms with Gasteiger partial charge < -0.3 is 0 Å². The monoisotopic (exact) mass is 230 g/mol. The third kappa shape index (κ3) is 2.38. The van der Waals surface area contributed by atoms with E-state index in [0.717, 1.165) is 0 Å². The Morgan fingerprint density at radius 1 is 0.824 bits per heavy atom. The van der Waals surface area contributed by atoms with Crippen molar-refractivity contribution in [3.05, 3.63) is 35.9 Å². The lowest BCUT2D eigenvalue weighted by molar-refractivity contribution is -0.0509. The van der Waals surface area contributed by atoms with Gasteiger partial charge in [-0.2, -0.15) is 0 Å². The molecule has 92 valence electrons. The van der Waals surface area contributed by atoms with E-state index in [9.17, 15) is 0 Å². The summed E-state index contributed by atoms with van der Waals surface area (Å²) in [4.78, 5) is 0. The van der Waals surface area contributed by atoms with Crippen molar-refractivity contribution in [2.75, 3.05) is 19.6 Å². The van der Waals surface area contributed by atoms with Crippen molar-refractivity contribution in [2.45, 2.75) is 38.1 Å². The molecule has 17 heavy (non-hydrogen) atoms. The third-order valence-corrected chi connectivity index (χ3v) is 4.10. The maximum absolute atomic E-state index is 2.63. The molecule has 0 amide bonds. The molecule has 2 heterocycles. The van der Waals surface area contributed by atoms with Crippen molar-refractivity contribution in [2.24, 2.45) is 0 Å². The number of hydrogen-bond acceptors (Lipinski definition) is 2. The molecule has 1 atom stereocenters. The van der Waals surface area contributed by atoms with Gasteiger partial charge in [0, 0.05) is 25.7 Å². The maximum Gasteiger partial charge on any atom is 0.0495 e. The molecule has 2 heteroatoms. The fraction of sp³-hybridized carbons (Fsp3) is 0.600. The van der Waals surface area contributed by atoms with Gasteiger partial charge in [0.15, 0.2) is 0 Å². The summed E-state index contributed by atoms with van der Waals surface area (Å²) in [6.45, 7) is 3.78. The fourth-order valence-corrected chi connectivity index (χ4v) is 3.24. The van der Waals surface area contributed by atoms with Crippen molar-refractivity contribution >= 4 is 0 Å². The van der Waals surface area contributed by atoms with Gasteiger partial charge in [0.1, 0.15) is 0 Å². The zero-order chi connectivity index (χ0) is 11.5. The minimum absolute atomic E-state index is 0.634. The largest absolute Gasteiger partial charge is 0.241 e. The van der Waals surface area contributed by atoms with Crippen LogP contribution in [-0.4, -0.2) is 29.7 Å². The van der Waals surface area contributed by atoms with Crippen LogP contribution >= 0.6 is 0 Å². The summed E-state index contributed by atoms with van der Waals surface area (Å²) in [5.74, 6) is 0. The first-order valence-electron chi connectivity index (χ1n) is 7.01.